The highest BCUT2D eigenvalue weighted by Gasteiger charge is 2.03. The number of nitriles is 1. The van der Waals surface area contributed by atoms with Gasteiger partial charge in [-0.05, 0) is 36.4 Å². The van der Waals surface area contributed by atoms with E-state index in [1.807, 2.05) is 42.5 Å². The minimum atomic E-state index is 0.630. The molecule has 0 aliphatic heterocycles. The molecule has 0 aliphatic carbocycles. The van der Waals surface area contributed by atoms with Gasteiger partial charge in [-0.1, -0.05) is 18.2 Å². The molecule has 0 saturated heterocycles. The van der Waals surface area contributed by atoms with Gasteiger partial charge in [-0.2, -0.15) is 5.26 Å². The lowest BCUT2D eigenvalue weighted by atomic mass is 10.2. The highest BCUT2D eigenvalue weighted by molar-refractivity contribution is 5.61. The van der Waals surface area contributed by atoms with E-state index < -0.39 is 0 Å². The Kier molecular flexibility index (Phi) is 2.86. The molecule has 0 saturated carbocycles. The standard InChI is InChI=1S/C13H11N3/c14-10-11-6-8-13(9-7-11)16(15)12-4-2-1-3-5-12/h1-9H,15H2. The van der Waals surface area contributed by atoms with Crippen molar-refractivity contribution < 1.29 is 0 Å². The summed E-state index contributed by atoms with van der Waals surface area (Å²) in [6, 6.07) is 18.9. The second kappa shape index (κ2) is 4.47. The number of rotatable bonds is 2. The smallest absolute Gasteiger partial charge is 0.0991 e. The van der Waals surface area contributed by atoms with E-state index in [4.69, 9.17) is 11.1 Å². The molecule has 16 heavy (non-hydrogen) atoms. The summed E-state index contributed by atoms with van der Waals surface area (Å²) in [5.41, 5.74) is 2.39. The summed E-state index contributed by atoms with van der Waals surface area (Å²) in [6.07, 6.45) is 0. The molecule has 2 rings (SSSR count). The quantitative estimate of drug-likeness (QED) is 0.611. The molecule has 2 aromatic rings. The summed E-state index contributed by atoms with van der Waals surface area (Å²) in [5, 5.41) is 10.3. The van der Waals surface area contributed by atoms with Crippen LogP contribution >= 0.6 is 0 Å². The summed E-state index contributed by atoms with van der Waals surface area (Å²) in [4.78, 5) is 0. The third-order valence-corrected chi connectivity index (χ3v) is 2.31. The number of hydrogen-bond acceptors (Lipinski definition) is 3. The molecule has 0 heterocycles. The van der Waals surface area contributed by atoms with Gasteiger partial charge < -0.3 is 0 Å². The van der Waals surface area contributed by atoms with Crippen molar-refractivity contribution in [1.82, 2.24) is 0 Å². The number of benzene rings is 2. The van der Waals surface area contributed by atoms with E-state index in [-0.39, 0.29) is 0 Å². The van der Waals surface area contributed by atoms with Gasteiger partial charge in [0.2, 0.25) is 0 Å². The number of hydrogen-bond donors (Lipinski definition) is 1. The summed E-state index contributed by atoms with van der Waals surface area (Å²) in [7, 11) is 0. The van der Waals surface area contributed by atoms with Gasteiger partial charge in [-0.15, -0.1) is 0 Å². The van der Waals surface area contributed by atoms with Gasteiger partial charge in [0.25, 0.3) is 0 Å². The van der Waals surface area contributed by atoms with E-state index >= 15 is 0 Å². The average molecular weight is 209 g/mol. The van der Waals surface area contributed by atoms with E-state index in [1.165, 1.54) is 0 Å². The van der Waals surface area contributed by atoms with Crippen LogP contribution in [0.4, 0.5) is 11.4 Å². The van der Waals surface area contributed by atoms with Crippen molar-refractivity contribution in [3.63, 3.8) is 0 Å². The molecule has 78 valence electrons. The third-order valence-electron chi connectivity index (χ3n) is 2.31. The highest BCUT2D eigenvalue weighted by Crippen LogP contribution is 2.21. The van der Waals surface area contributed by atoms with Crippen LogP contribution in [0.1, 0.15) is 5.56 Å². The van der Waals surface area contributed by atoms with Crippen LogP contribution < -0.4 is 10.9 Å². The molecular formula is C13H11N3. The van der Waals surface area contributed by atoms with Gasteiger partial charge in [0, 0.05) is 0 Å². The minimum absolute atomic E-state index is 0.630. The Morgan fingerprint density at radius 3 is 2.00 bits per heavy atom. The SMILES string of the molecule is N#Cc1ccc(N(N)c2ccccc2)cc1. The summed E-state index contributed by atoms with van der Waals surface area (Å²) < 4.78 is 0. The third kappa shape index (κ3) is 2.02. The van der Waals surface area contributed by atoms with Crippen molar-refractivity contribution in [2.24, 2.45) is 5.84 Å². The van der Waals surface area contributed by atoms with Crippen LogP contribution in [-0.4, -0.2) is 0 Å². The summed E-state index contributed by atoms with van der Waals surface area (Å²) >= 11 is 0. The number of hydrazine groups is 1. The van der Waals surface area contributed by atoms with E-state index in [0.29, 0.717) is 5.56 Å². The van der Waals surface area contributed by atoms with Crippen LogP contribution in [0.15, 0.2) is 54.6 Å². The molecule has 0 bridgehead atoms. The van der Waals surface area contributed by atoms with E-state index in [2.05, 4.69) is 6.07 Å². The largest absolute Gasteiger partial charge is 0.280 e. The maximum absolute atomic E-state index is 8.69. The molecule has 0 unspecified atom stereocenters. The Morgan fingerprint density at radius 2 is 1.44 bits per heavy atom. The molecule has 0 aliphatic rings. The number of anilines is 2. The first kappa shape index (κ1) is 10.2. The van der Waals surface area contributed by atoms with Crippen molar-refractivity contribution in [2.45, 2.75) is 0 Å². The van der Waals surface area contributed by atoms with Gasteiger partial charge in [0.1, 0.15) is 0 Å². The Balaban J connectivity index is 2.28. The molecular weight excluding hydrogens is 198 g/mol. The van der Waals surface area contributed by atoms with Crippen molar-refractivity contribution in [1.29, 1.82) is 5.26 Å². The molecule has 0 fully saturated rings. The summed E-state index contributed by atoms with van der Waals surface area (Å²) in [6.45, 7) is 0. The van der Waals surface area contributed by atoms with E-state index in [1.54, 1.807) is 17.1 Å². The normalized spacial score (nSPS) is 9.50. The Hall–Kier alpha value is -2.31. The lowest BCUT2D eigenvalue weighted by molar-refractivity contribution is 1.09. The predicted octanol–water partition coefficient (Wildman–Crippen LogP) is 2.57. The van der Waals surface area contributed by atoms with Crippen LogP contribution in [0.3, 0.4) is 0 Å². The van der Waals surface area contributed by atoms with Crippen molar-refractivity contribution in [3.8, 4) is 6.07 Å². The van der Waals surface area contributed by atoms with Gasteiger partial charge in [-0.25, -0.2) is 5.84 Å². The molecule has 0 radical (unpaired) electrons. The lowest BCUT2D eigenvalue weighted by Crippen LogP contribution is -2.24. The predicted molar refractivity (Wildman–Crippen MR) is 63.9 cm³/mol. The number of nitrogens with two attached hydrogens (primary N) is 1. The fourth-order valence-corrected chi connectivity index (χ4v) is 1.43. The Morgan fingerprint density at radius 1 is 0.875 bits per heavy atom. The average Bonchev–Trinajstić information content (AvgIpc) is 2.39. The highest BCUT2D eigenvalue weighted by atomic mass is 15.4. The van der Waals surface area contributed by atoms with Crippen molar-refractivity contribution in [2.75, 3.05) is 5.01 Å². The first-order valence-electron chi connectivity index (χ1n) is 4.91. The van der Waals surface area contributed by atoms with Crippen LogP contribution in [-0.2, 0) is 0 Å². The first-order valence-corrected chi connectivity index (χ1v) is 4.91. The molecule has 0 spiro atoms. The topological polar surface area (TPSA) is 53.0 Å². The minimum Gasteiger partial charge on any atom is -0.280 e. The van der Waals surface area contributed by atoms with Gasteiger partial charge in [-0.3, -0.25) is 5.01 Å². The summed E-state index contributed by atoms with van der Waals surface area (Å²) in [5.74, 6) is 5.96. The van der Waals surface area contributed by atoms with Crippen LogP contribution in [0.5, 0.6) is 0 Å². The number of nitrogens with zero attached hydrogens (tertiary/aromatic N) is 2. The molecule has 3 nitrogen and oxygen atoms in total. The van der Waals surface area contributed by atoms with E-state index in [9.17, 15) is 0 Å². The van der Waals surface area contributed by atoms with Crippen molar-refractivity contribution >= 4 is 11.4 Å². The maximum atomic E-state index is 8.69. The van der Waals surface area contributed by atoms with Gasteiger partial charge >= 0.3 is 0 Å². The van der Waals surface area contributed by atoms with Gasteiger partial charge in [0.15, 0.2) is 0 Å². The van der Waals surface area contributed by atoms with Crippen LogP contribution in [0.2, 0.25) is 0 Å². The molecule has 2 aromatic carbocycles. The Labute approximate surface area is 94.3 Å². The first-order chi connectivity index (χ1) is 7.81. The molecule has 0 aromatic heterocycles. The fourth-order valence-electron chi connectivity index (χ4n) is 1.43. The second-order valence-corrected chi connectivity index (χ2v) is 3.36. The molecule has 3 heteroatoms. The molecule has 0 atom stereocenters. The van der Waals surface area contributed by atoms with E-state index in [0.717, 1.165) is 11.4 Å². The van der Waals surface area contributed by atoms with Crippen LogP contribution in [0.25, 0.3) is 0 Å². The monoisotopic (exact) mass is 209 g/mol. The maximum Gasteiger partial charge on any atom is 0.0991 e. The fraction of sp³-hybridized carbons (Fsp3) is 0. The number of para-hydroxylation sites is 1. The zero-order chi connectivity index (χ0) is 11.4. The second-order valence-electron chi connectivity index (χ2n) is 3.36. The van der Waals surface area contributed by atoms with Crippen molar-refractivity contribution in [3.05, 3.63) is 60.2 Å². The molecule has 0 amide bonds. The zero-order valence-electron chi connectivity index (χ0n) is 8.67. The van der Waals surface area contributed by atoms with Crippen LogP contribution in [0, 0.1) is 11.3 Å². The lowest BCUT2D eigenvalue weighted by Gasteiger charge is -2.18. The Bertz CT molecular complexity index is 497. The van der Waals surface area contributed by atoms with Gasteiger partial charge in [0.05, 0.1) is 23.0 Å². The molecule has 2 N–H and O–H groups in total. The zero-order valence-corrected chi connectivity index (χ0v) is 8.67.